The second kappa shape index (κ2) is 7.60. The highest BCUT2D eigenvalue weighted by Gasteiger charge is 2.55. The summed E-state index contributed by atoms with van der Waals surface area (Å²) in [5, 5.41) is 5.84. The van der Waals surface area contributed by atoms with Crippen molar-refractivity contribution in [2.45, 2.75) is 75.8 Å². The van der Waals surface area contributed by atoms with Gasteiger partial charge < -0.3 is 10.6 Å². The predicted octanol–water partition coefficient (Wildman–Crippen LogP) is 3.18. The summed E-state index contributed by atoms with van der Waals surface area (Å²) in [7, 11) is 0. The van der Waals surface area contributed by atoms with E-state index in [1.807, 2.05) is 18.2 Å². The maximum Gasteiger partial charge on any atom is 0.325 e. The monoisotopic (exact) mass is 438 g/mol. The highest BCUT2D eigenvalue weighted by atomic mass is 16.2. The molecule has 2 aliphatic heterocycles. The molecule has 32 heavy (non-hydrogen) atoms. The SMILES string of the molecule is C[C@]1(C2CCCCC2)NC(=O)N(CC(=O)N2c3ccccc3NC(=O)C23CCCC3)C1=O. The van der Waals surface area contributed by atoms with Gasteiger partial charge in [-0.2, -0.15) is 0 Å². The molecule has 5 amide bonds. The first-order valence-electron chi connectivity index (χ1n) is 11.7. The van der Waals surface area contributed by atoms with E-state index >= 15 is 0 Å². The molecule has 0 radical (unpaired) electrons. The molecule has 1 aromatic rings. The van der Waals surface area contributed by atoms with Crippen LogP contribution in [0.1, 0.15) is 64.7 Å². The first kappa shape index (κ1) is 21.0. The van der Waals surface area contributed by atoms with E-state index in [2.05, 4.69) is 10.6 Å². The normalized spacial score (nSPS) is 27.5. The van der Waals surface area contributed by atoms with E-state index in [-0.39, 0.29) is 24.3 Å². The fourth-order valence-corrected chi connectivity index (χ4v) is 6.15. The Hall–Kier alpha value is -2.90. The van der Waals surface area contributed by atoms with Crippen molar-refractivity contribution in [3.8, 4) is 0 Å². The third kappa shape index (κ3) is 3.03. The lowest BCUT2D eigenvalue weighted by Gasteiger charge is -2.44. The average molecular weight is 439 g/mol. The Morgan fingerprint density at radius 3 is 2.44 bits per heavy atom. The number of hydrogen-bond donors (Lipinski definition) is 2. The summed E-state index contributed by atoms with van der Waals surface area (Å²) in [6.45, 7) is 1.42. The fraction of sp³-hybridized carbons (Fsp3) is 0.583. The van der Waals surface area contributed by atoms with Gasteiger partial charge in [-0.3, -0.25) is 24.2 Å². The lowest BCUT2D eigenvalue weighted by Crippen LogP contribution is -2.62. The van der Waals surface area contributed by atoms with Gasteiger partial charge in [-0.25, -0.2) is 4.79 Å². The summed E-state index contributed by atoms with van der Waals surface area (Å²) in [6, 6.07) is 6.69. The summed E-state index contributed by atoms with van der Waals surface area (Å²) >= 11 is 0. The van der Waals surface area contributed by atoms with Crippen molar-refractivity contribution in [1.29, 1.82) is 0 Å². The molecule has 2 heterocycles. The zero-order valence-electron chi connectivity index (χ0n) is 18.5. The molecular weight excluding hydrogens is 408 g/mol. The van der Waals surface area contributed by atoms with E-state index in [4.69, 9.17) is 0 Å². The van der Waals surface area contributed by atoms with Crippen LogP contribution in [0.3, 0.4) is 0 Å². The topological polar surface area (TPSA) is 98.8 Å². The van der Waals surface area contributed by atoms with Crippen LogP contribution in [0.2, 0.25) is 0 Å². The van der Waals surface area contributed by atoms with Crippen molar-refractivity contribution in [1.82, 2.24) is 10.2 Å². The number of para-hydroxylation sites is 2. The molecule has 1 aromatic carbocycles. The van der Waals surface area contributed by atoms with Crippen molar-refractivity contribution >= 4 is 35.1 Å². The standard InChI is InChI=1S/C24H30N4O4/c1-23(16-9-3-2-4-10-16)21(31)27(22(32)26-23)15-19(29)28-18-12-6-5-11-17(18)25-20(30)24(28)13-7-8-14-24/h5-6,11-12,16H,2-4,7-10,13-15H2,1H3,(H,25,30)(H,26,32)/t23-/m1/s1. The van der Waals surface area contributed by atoms with Crippen LogP contribution in [0.5, 0.6) is 0 Å². The average Bonchev–Trinajstić information content (AvgIpc) is 3.36. The number of nitrogens with one attached hydrogen (secondary N) is 2. The number of urea groups is 1. The number of fused-ring (bicyclic) bond motifs is 1. The smallest absolute Gasteiger partial charge is 0.323 e. The largest absolute Gasteiger partial charge is 0.325 e. The summed E-state index contributed by atoms with van der Waals surface area (Å²) < 4.78 is 0. The van der Waals surface area contributed by atoms with Gasteiger partial charge in [-0.15, -0.1) is 0 Å². The van der Waals surface area contributed by atoms with Crippen LogP contribution < -0.4 is 15.5 Å². The molecule has 170 valence electrons. The molecular formula is C24H30N4O4. The van der Waals surface area contributed by atoms with Crippen molar-refractivity contribution in [2.24, 2.45) is 5.92 Å². The summed E-state index contributed by atoms with van der Waals surface area (Å²) in [5.41, 5.74) is -0.731. The van der Waals surface area contributed by atoms with E-state index < -0.39 is 23.0 Å². The van der Waals surface area contributed by atoms with E-state index in [0.29, 0.717) is 24.2 Å². The Morgan fingerprint density at radius 2 is 1.72 bits per heavy atom. The molecule has 0 unspecified atom stereocenters. The molecule has 3 fully saturated rings. The molecule has 1 atom stereocenters. The number of carbonyl (C=O) groups excluding carboxylic acids is 4. The number of amides is 5. The summed E-state index contributed by atoms with van der Waals surface area (Å²) in [5.74, 6) is -0.842. The number of nitrogens with zero attached hydrogens (tertiary/aromatic N) is 2. The molecule has 2 N–H and O–H groups in total. The maximum absolute atomic E-state index is 13.7. The number of hydrogen-bond acceptors (Lipinski definition) is 4. The molecule has 2 aliphatic carbocycles. The van der Waals surface area contributed by atoms with Gasteiger partial charge in [-0.05, 0) is 50.7 Å². The van der Waals surface area contributed by atoms with E-state index in [9.17, 15) is 19.2 Å². The first-order chi connectivity index (χ1) is 15.4. The molecule has 8 nitrogen and oxygen atoms in total. The highest BCUT2D eigenvalue weighted by molar-refractivity contribution is 6.17. The fourth-order valence-electron chi connectivity index (χ4n) is 6.15. The van der Waals surface area contributed by atoms with Crippen molar-refractivity contribution < 1.29 is 19.2 Å². The molecule has 4 aliphatic rings. The summed E-state index contributed by atoms with van der Waals surface area (Å²) in [4.78, 5) is 55.6. The number of benzene rings is 1. The number of rotatable bonds is 3. The van der Waals surface area contributed by atoms with Crippen LogP contribution >= 0.6 is 0 Å². The number of imide groups is 1. The second-order valence-electron chi connectivity index (χ2n) is 9.80. The Bertz CT molecular complexity index is 980. The minimum absolute atomic E-state index is 0.0791. The van der Waals surface area contributed by atoms with Gasteiger partial charge in [0.2, 0.25) is 5.91 Å². The van der Waals surface area contributed by atoms with Gasteiger partial charge >= 0.3 is 6.03 Å². The van der Waals surface area contributed by atoms with Crippen molar-refractivity contribution in [3.63, 3.8) is 0 Å². The first-order valence-corrected chi connectivity index (χ1v) is 11.7. The van der Waals surface area contributed by atoms with Gasteiger partial charge in [-0.1, -0.05) is 44.2 Å². The van der Waals surface area contributed by atoms with Gasteiger partial charge in [0.25, 0.3) is 11.8 Å². The highest BCUT2D eigenvalue weighted by Crippen LogP contribution is 2.45. The molecule has 5 rings (SSSR count). The number of anilines is 2. The third-order valence-electron chi connectivity index (χ3n) is 7.94. The minimum Gasteiger partial charge on any atom is -0.323 e. The Kier molecular flexibility index (Phi) is 4.98. The van der Waals surface area contributed by atoms with E-state index in [1.54, 1.807) is 17.9 Å². The molecule has 2 saturated carbocycles. The third-order valence-corrected chi connectivity index (χ3v) is 7.94. The number of carbonyl (C=O) groups is 4. The van der Waals surface area contributed by atoms with Crippen LogP contribution in [0.4, 0.5) is 16.2 Å². The van der Waals surface area contributed by atoms with Gasteiger partial charge in [0, 0.05) is 0 Å². The minimum atomic E-state index is -0.972. The van der Waals surface area contributed by atoms with Crippen LogP contribution in [-0.4, -0.2) is 46.3 Å². The zero-order valence-corrected chi connectivity index (χ0v) is 18.5. The van der Waals surface area contributed by atoms with Crippen molar-refractivity contribution in [2.75, 3.05) is 16.8 Å². The maximum atomic E-state index is 13.7. The second-order valence-corrected chi connectivity index (χ2v) is 9.80. The molecule has 8 heteroatoms. The Morgan fingerprint density at radius 1 is 1.03 bits per heavy atom. The Balaban J connectivity index is 1.44. The summed E-state index contributed by atoms with van der Waals surface area (Å²) in [6.07, 6.45) is 7.87. The lowest BCUT2D eigenvalue weighted by atomic mass is 9.75. The van der Waals surface area contributed by atoms with Crippen molar-refractivity contribution in [3.05, 3.63) is 24.3 Å². The lowest BCUT2D eigenvalue weighted by molar-refractivity contribution is -0.136. The van der Waals surface area contributed by atoms with Crippen LogP contribution in [0.25, 0.3) is 0 Å². The zero-order chi connectivity index (χ0) is 22.5. The molecule has 1 spiro atoms. The Labute approximate surface area is 187 Å². The molecule has 1 saturated heterocycles. The molecule has 0 bridgehead atoms. The van der Waals surface area contributed by atoms with Crippen LogP contribution in [0.15, 0.2) is 24.3 Å². The van der Waals surface area contributed by atoms with Gasteiger partial charge in [0.1, 0.15) is 17.6 Å². The van der Waals surface area contributed by atoms with Crippen LogP contribution in [0, 0.1) is 5.92 Å². The van der Waals surface area contributed by atoms with Crippen LogP contribution in [-0.2, 0) is 14.4 Å². The van der Waals surface area contributed by atoms with E-state index in [1.165, 1.54) is 0 Å². The quantitative estimate of drug-likeness (QED) is 0.708. The van der Waals surface area contributed by atoms with Gasteiger partial charge in [0.15, 0.2) is 0 Å². The van der Waals surface area contributed by atoms with Gasteiger partial charge in [0.05, 0.1) is 11.4 Å². The van der Waals surface area contributed by atoms with E-state index in [0.717, 1.165) is 49.8 Å². The molecule has 0 aromatic heterocycles. The predicted molar refractivity (Wildman–Crippen MR) is 119 cm³/mol.